The topological polar surface area (TPSA) is 77.8 Å². The van der Waals surface area contributed by atoms with Gasteiger partial charge in [0.25, 0.3) is 0 Å². The molecule has 0 N–H and O–H groups in total. The largest absolute Gasteiger partial charge is 0.465 e. The summed E-state index contributed by atoms with van der Waals surface area (Å²) in [6, 6.07) is 5.67. The highest BCUT2D eigenvalue weighted by Gasteiger charge is 2.37. The minimum absolute atomic E-state index is 0.0455. The third-order valence-corrected chi connectivity index (χ3v) is 7.51. The van der Waals surface area contributed by atoms with Crippen molar-refractivity contribution in [1.29, 1.82) is 0 Å². The van der Waals surface area contributed by atoms with Crippen molar-refractivity contribution in [1.82, 2.24) is 8.87 Å². The second kappa shape index (κ2) is 9.15. The predicted molar refractivity (Wildman–Crippen MR) is 126 cm³/mol. The zero-order chi connectivity index (χ0) is 23.7. The number of fused-ring (bicyclic) bond motifs is 1. The van der Waals surface area contributed by atoms with Gasteiger partial charge in [0, 0.05) is 23.5 Å². The van der Waals surface area contributed by atoms with Crippen LogP contribution in [0.4, 0.5) is 0 Å². The number of ether oxygens (including phenoxy) is 1. The summed E-state index contributed by atoms with van der Waals surface area (Å²) in [5, 5.41) is 0.895. The number of hydrogen-bond donors (Lipinski definition) is 0. The standard InChI is InChI=1S/C24H36N2O5S/c1-18-8-9-21-20(14-18)19(10-13-25(5)6)15-26(21)32(28,29)31-16-23(2,3)22(27)30-17-24(4)11-7-12-24/h8-9,14-15H,7,10-13,16-17H2,1-6H3. The van der Waals surface area contributed by atoms with E-state index in [-0.39, 0.29) is 12.0 Å². The number of aromatic nitrogens is 1. The second-order valence-electron chi connectivity index (χ2n) is 10.4. The quantitative estimate of drug-likeness (QED) is 0.496. The van der Waals surface area contributed by atoms with E-state index in [4.69, 9.17) is 8.92 Å². The molecule has 2 aromatic rings. The van der Waals surface area contributed by atoms with Crippen LogP contribution in [0.3, 0.4) is 0 Å². The molecule has 1 aromatic heterocycles. The van der Waals surface area contributed by atoms with Gasteiger partial charge in [0.1, 0.15) is 0 Å². The van der Waals surface area contributed by atoms with Crippen molar-refractivity contribution < 1.29 is 22.1 Å². The van der Waals surface area contributed by atoms with E-state index < -0.39 is 21.7 Å². The number of rotatable bonds is 10. The van der Waals surface area contributed by atoms with Crippen LogP contribution >= 0.6 is 0 Å². The number of nitrogens with zero attached hydrogens (tertiary/aromatic N) is 2. The molecule has 1 saturated carbocycles. The summed E-state index contributed by atoms with van der Waals surface area (Å²) in [5.41, 5.74) is 1.54. The van der Waals surface area contributed by atoms with Gasteiger partial charge < -0.3 is 9.64 Å². The molecule has 1 fully saturated rings. The van der Waals surface area contributed by atoms with E-state index in [1.54, 1.807) is 26.1 Å². The highest BCUT2D eigenvalue weighted by Crippen LogP contribution is 2.40. The molecule has 0 aliphatic heterocycles. The lowest BCUT2D eigenvalue weighted by Gasteiger charge is -2.38. The number of aryl methyl sites for hydroxylation is 1. The van der Waals surface area contributed by atoms with Gasteiger partial charge in [-0.15, -0.1) is 0 Å². The molecule has 32 heavy (non-hydrogen) atoms. The fraction of sp³-hybridized carbons (Fsp3) is 0.625. The van der Waals surface area contributed by atoms with Crippen LogP contribution in [-0.2, 0) is 30.4 Å². The average molecular weight is 465 g/mol. The Bertz CT molecular complexity index is 1080. The lowest BCUT2D eigenvalue weighted by molar-refractivity contribution is -0.160. The van der Waals surface area contributed by atoms with Crippen molar-refractivity contribution in [3.8, 4) is 0 Å². The Morgan fingerprint density at radius 3 is 2.53 bits per heavy atom. The first-order valence-electron chi connectivity index (χ1n) is 11.2. The Hall–Kier alpha value is -1.90. The van der Waals surface area contributed by atoms with Gasteiger partial charge in [0.05, 0.1) is 24.1 Å². The number of esters is 1. The van der Waals surface area contributed by atoms with E-state index in [2.05, 4.69) is 11.8 Å². The minimum atomic E-state index is -4.13. The van der Waals surface area contributed by atoms with Crippen LogP contribution in [0.1, 0.15) is 51.2 Å². The molecule has 1 aliphatic carbocycles. The fourth-order valence-electron chi connectivity index (χ4n) is 3.81. The van der Waals surface area contributed by atoms with Gasteiger partial charge in [-0.1, -0.05) is 25.0 Å². The Morgan fingerprint density at radius 1 is 1.25 bits per heavy atom. The van der Waals surface area contributed by atoms with E-state index in [1.165, 1.54) is 3.97 Å². The number of likely N-dealkylation sites (N-methyl/N-ethyl adjacent to an activating group) is 1. The zero-order valence-corrected chi connectivity index (χ0v) is 20.9. The van der Waals surface area contributed by atoms with Crippen LogP contribution in [0.15, 0.2) is 24.4 Å². The molecule has 0 bridgehead atoms. The first kappa shape index (κ1) is 24.7. The molecule has 0 amide bonds. The predicted octanol–water partition coefficient (Wildman–Crippen LogP) is 3.92. The van der Waals surface area contributed by atoms with Gasteiger partial charge in [-0.2, -0.15) is 8.42 Å². The van der Waals surface area contributed by atoms with Gasteiger partial charge in [-0.3, -0.25) is 8.98 Å². The van der Waals surface area contributed by atoms with E-state index in [1.807, 2.05) is 33.2 Å². The van der Waals surface area contributed by atoms with Crippen LogP contribution in [0, 0.1) is 17.8 Å². The van der Waals surface area contributed by atoms with Gasteiger partial charge in [0.15, 0.2) is 0 Å². The SMILES string of the molecule is Cc1ccc2c(c1)c(CCN(C)C)cn2S(=O)(=O)OCC(C)(C)C(=O)OCC1(C)CCC1. The minimum Gasteiger partial charge on any atom is -0.465 e. The first-order valence-corrected chi connectivity index (χ1v) is 12.5. The molecular formula is C24H36N2O5S. The maximum Gasteiger partial charge on any atom is 0.366 e. The summed E-state index contributed by atoms with van der Waals surface area (Å²) in [4.78, 5) is 14.7. The molecule has 8 heteroatoms. The molecule has 7 nitrogen and oxygen atoms in total. The summed E-state index contributed by atoms with van der Waals surface area (Å²) in [7, 11) is -0.160. The highest BCUT2D eigenvalue weighted by molar-refractivity contribution is 7.85. The van der Waals surface area contributed by atoms with Gasteiger partial charge in [0.2, 0.25) is 0 Å². The Morgan fingerprint density at radius 2 is 1.94 bits per heavy atom. The van der Waals surface area contributed by atoms with Crippen LogP contribution in [0.2, 0.25) is 0 Å². The van der Waals surface area contributed by atoms with Crippen molar-refractivity contribution >= 4 is 27.2 Å². The van der Waals surface area contributed by atoms with Crippen LogP contribution in [0.25, 0.3) is 10.9 Å². The van der Waals surface area contributed by atoms with Crippen LogP contribution in [0.5, 0.6) is 0 Å². The van der Waals surface area contributed by atoms with Crippen LogP contribution in [-0.4, -0.2) is 57.1 Å². The van der Waals surface area contributed by atoms with Crippen molar-refractivity contribution in [2.45, 2.75) is 53.4 Å². The molecule has 0 unspecified atom stereocenters. The molecule has 0 saturated heterocycles. The number of carbonyl (C=O) groups excluding carboxylic acids is 1. The smallest absolute Gasteiger partial charge is 0.366 e. The molecule has 178 valence electrons. The lowest BCUT2D eigenvalue weighted by atomic mass is 9.71. The third kappa shape index (κ3) is 5.53. The third-order valence-electron chi connectivity index (χ3n) is 6.31. The van der Waals surface area contributed by atoms with Gasteiger partial charge in [-0.25, -0.2) is 3.97 Å². The molecule has 1 aliphatic rings. The van der Waals surface area contributed by atoms with Crippen molar-refractivity contribution in [3.05, 3.63) is 35.5 Å². The van der Waals surface area contributed by atoms with Gasteiger partial charge >= 0.3 is 16.3 Å². The summed E-state index contributed by atoms with van der Waals surface area (Å²) < 4.78 is 38.3. The summed E-state index contributed by atoms with van der Waals surface area (Å²) >= 11 is 0. The van der Waals surface area contributed by atoms with Crippen molar-refractivity contribution in [2.75, 3.05) is 33.9 Å². The maximum atomic E-state index is 13.1. The van der Waals surface area contributed by atoms with Crippen molar-refractivity contribution in [2.24, 2.45) is 10.8 Å². The van der Waals surface area contributed by atoms with E-state index >= 15 is 0 Å². The van der Waals surface area contributed by atoms with E-state index in [0.29, 0.717) is 18.5 Å². The van der Waals surface area contributed by atoms with Crippen LogP contribution < -0.4 is 0 Å². The monoisotopic (exact) mass is 464 g/mol. The fourth-order valence-corrected chi connectivity index (χ4v) is 5.02. The number of carbonyl (C=O) groups is 1. The lowest BCUT2D eigenvalue weighted by Crippen LogP contribution is -2.38. The number of hydrogen-bond acceptors (Lipinski definition) is 6. The van der Waals surface area contributed by atoms with Crippen molar-refractivity contribution in [3.63, 3.8) is 0 Å². The normalized spacial score (nSPS) is 16.3. The Balaban J connectivity index is 1.76. The highest BCUT2D eigenvalue weighted by atomic mass is 32.2. The maximum absolute atomic E-state index is 13.1. The second-order valence-corrected chi connectivity index (χ2v) is 11.9. The summed E-state index contributed by atoms with van der Waals surface area (Å²) in [6.07, 6.45) is 5.58. The molecule has 1 heterocycles. The Kier molecular flexibility index (Phi) is 7.08. The van der Waals surface area contributed by atoms with E-state index in [9.17, 15) is 13.2 Å². The summed E-state index contributed by atoms with van der Waals surface area (Å²) in [5.74, 6) is -0.444. The van der Waals surface area contributed by atoms with E-state index in [0.717, 1.165) is 42.3 Å². The molecule has 1 aromatic carbocycles. The molecular weight excluding hydrogens is 428 g/mol. The molecule has 0 atom stereocenters. The van der Waals surface area contributed by atoms with Gasteiger partial charge in [-0.05, 0) is 71.8 Å². The number of benzene rings is 1. The summed E-state index contributed by atoms with van der Waals surface area (Å²) in [6.45, 7) is 8.25. The first-order chi connectivity index (χ1) is 14.8. The molecule has 0 spiro atoms. The molecule has 0 radical (unpaired) electrons. The molecule has 3 rings (SSSR count). The Labute approximate surface area is 191 Å². The zero-order valence-electron chi connectivity index (χ0n) is 20.1. The average Bonchev–Trinajstić information content (AvgIpc) is 3.06.